The second-order valence-corrected chi connectivity index (χ2v) is 50.4. The molecule has 13 rings (SSSR count). The van der Waals surface area contributed by atoms with Gasteiger partial charge in [0.15, 0.2) is 11.7 Å². The normalized spacial score (nSPS) is 12.9. The molecule has 0 aromatic carbocycles. The van der Waals surface area contributed by atoms with E-state index in [4.69, 9.17) is 13.5 Å². The number of rotatable bonds is 0. The van der Waals surface area contributed by atoms with Crippen molar-refractivity contribution in [2.24, 2.45) is 26.0 Å². The molecule has 0 atom stereocenters. The third kappa shape index (κ3) is 50.5. The Hall–Kier alpha value is -9.27. The van der Waals surface area contributed by atoms with E-state index in [0.29, 0.717) is 17.1 Å². The van der Waals surface area contributed by atoms with E-state index in [-0.39, 0.29) is 65.0 Å². The molecule has 0 radical (unpaired) electrons. The van der Waals surface area contributed by atoms with E-state index in [0.717, 1.165) is 120 Å². The van der Waals surface area contributed by atoms with Crippen LogP contribution in [0, 0.1) is 87.0 Å². The van der Waals surface area contributed by atoms with Gasteiger partial charge >= 0.3 is 0 Å². The summed E-state index contributed by atoms with van der Waals surface area (Å²) in [6.45, 7) is 109. The molecule has 23 nitrogen and oxygen atoms in total. The van der Waals surface area contributed by atoms with Gasteiger partial charge in [-0.25, -0.2) is 34.9 Å². The average molecular weight is 1900 g/mol. The number of allylic oxidation sites excluding steroid dienone is 1. The first-order valence-electron chi connectivity index (χ1n) is 46.5. The summed E-state index contributed by atoms with van der Waals surface area (Å²) in [6.07, 6.45) is 15.0. The molecular weight excluding hydrogens is 1720 g/mol. The first kappa shape index (κ1) is 123. The van der Waals surface area contributed by atoms with Crippen LogP contribution in [-0.2, 0) is 59.6 Å². The molecule has 1 N–H and O–H groups in total. The first-order valence-corrected chi connectivity index (χ1v) is 48.9. The van der Waals surface area contributed by atoms with Gasteiger partial charge in [-0.3, -0.25) is 25.0 Å². The number of hydrogen-bond acceptors (Lipinski definition) is 25. The molecule has 11 aromatic heterocycles. The van der Waals surface area contributed by atoms with Gasteiger partial charge in [0.25, 0.3) is 0 Å². The van der Waals surface area contributed by atoms with Crippen LogP contribution in [0.25, 0.3) is 0 Å². The molecule has 0 amide bonds. The SMILES string of the molecule is CC1=NC=C(C(C)(C)C)C1.CC1=NN=C(C(C)(C)C)C1.Cc1cc(C(C)(C)C)n[nH]1.Cc1cc(C(C)(C)C)on1.Cc1cc(C(C)(C)C)sn1.Cc1cccc(C(C)(C)C)n1.Cc1ccnc(C(C)(C)C)n1.Cc1cncc(C(C)(C)C)n1.Cc1ncc(C(C)(C)C)o1.Cc1ncc(C(C)(C)C)s1.Cc1nccc(C(C)(C)C)n1.Cc1noc(C(C)(C)C)n1.Cc1nsc(C(C)(C)C)n1. The molecule has 744 valence electrons. The summed E-state index contributed by atoms with van der Waals surface area (Å²) in [5.74, 6) is 6.68. The van der Waals surface area contributed by atoms with Gasteiger partial charge in [0.2, 0.25) is 5.89 Å². The lowest BCUT2D eigenvalue weighted by atomic mass is 9.85. The molecule has 0 saturated heterocycles. The number of oxazole rings is 1. The number of thiazole rings is 1. The number of nitrogens with zero attached hydrogens (tertiary/aromatic N) is 19. The summed E-state index contributed by atoms with van der Waals surface area (Å²) >= 11 is 4.89. The van der Waals surface area contributed by atoms with Gasteiger partial charge in [-0.1, -0.05) is 286 Å². The largest absolute Gasteiger partial charge is 0.445 e. The van der Waals surface area contributed by atoms with E-state index < -0.39 is 0 Å². The van der Waals surface area contributed by atoms with Crippen LogP contribution < -0.4 is 0 Å². The maximum atomic E-state index is 5.34. The Morgan fingerprint density at radius 3 is 1.14 bits per heavy atom. The fourth-order valence-electron chi connectivity index (χ4n) is 10.2. The van der Waals surface area contributed by atoms with Crippen molar-refractivity contribution < 1.29 is 13.5 Å². The third-order valence-electron chi connectivity index (χ3n) is 18.9. The molecule has 0 bridgehead atoms. The van der Waals surface area contributed by atoms with Crippen molar-refractivity contribution in [3.8, 4) is 0 Å². The van der Waals surface area contributed by atoms with Gasteiger partial charge < -0.3 is 13.5 Å². The van der Waals surface area contributed by atoms with Crippen LogP contribution >= 0.6 is 34.4 Å². The first-order chi connectivity index (χ1) is 60.5. The molecule has 0 saturated carbocycles. The minimum atomic E-state index is -0.0265. The van der Waals surface area contributed by atoms with Crippen LogP contribution in [0.15, 0.2) is 126 Å². The Labute approximate surface area is 822 Å². The van der Waals surface area contributed by atoms with E-state index >= 15 is 0 Å². The minimum absolute atomic E-state index is 0.0265. The van der Waals surface area contributed by atoms with E-state index in [1.54, 1.807) is 35.3 Å². The summed E-state index contributed by atoms with van der Waals surface area (Å²) in [5.41, 5.74) is 17.8. The Kier molecular flexibility index (Phi) is 47.4. The lowest BCUT2D eigenvalue weighted by Crippen LogP contribution is -2.19. The smallest absolute Gasteiger partial charge is 0.232 e. The predicted octanol–water partition coefficient (Wildman–Crippen LogP) is 29.9. The van der Waals surface area contributed by atoms with Gasteiger partial charge in [0.05, 0.1) is 45.4 Å². The molecule has 0 spiro atoms. The van der Waals surface area contributed by atoms with Crippen LogP contribution in [0.1, 0.15) is 420 Å². The lowest BCUT2D eigenvalue weighted by Gasteiger charge is -2.19. The van der Waals surface area contributed by atoms with Gasteiger partial charge in [-0.2, -0.15) is 29.0 Å². The van der Waals surface area contributed by atoms with E-state index in [2.05, 4.69) is 380 Å². The number of aromatic nitrogens is 17. The van der Waals surface area contributed by atoms with Gasteiger partial charge in [-0.15, -0.1) is 11.3 Å². The van der Waals surface area contributed by atoms with Crippen molar-refractivity contribution in [3.05, 3.63) is 221 Å². The number of nitrogens with one attached hydrogen (secondary N) is 1. The van der Waals surface area contributed by atoms with E-state index in [9.17, 15) is 0 Å². The summed E-state index contributed by atoms with van der Waals surface area (Å²) < 4.78 is 23.7. The van der Waals surface area contributed by atoms with Crippen molar-refractivity contribution in [2.45, 2.75) is 432 Å². The maximum absolute atomic E-state index is 5.34. The van der Waals surface area contributed by atoms with Crippen LogP contribution in [0.5, 0.6) is 0 Å². The van der Waals surface area contributed by atoms with Crippen LogP contribution in [0.2, 0.25) is 0 Å². The molecule has 0 unspecified atom stereocenters. The van der Waals surface area contributed by atoms with E-state index in [1.807, 2.05) is 159 Å². The highest BCUT2D eigenvalue weighted by atomic mass is 32.1. The zero-order chi connectivity index (χ0) is 104. The molecule has 11 aromatic rings. The molecule has 2 aliphatic heterocycles. The highest BCUT2D eigenvalue weighted by molar-refractivity contribution is 7.11. The van der Waals surface area contributed by atoms with E-state index in [1.165, 1.54) is 38.3 Å². The summed E-state index contributed by atoms with van der Waals surface area (Å²) in [6, 6.07) is 16.2. The maximum Gasteiger partial charge on any atom is 0.232 e. The highest BCUT2D eigenvalue weighted by Gasteiger charge is 2.27. The summed E-state index contributed by atoms with van der Waals surface area (Å²) in [7, 11) is 0. The molecular formula is C108H176N20O3S3. The molecule has 13 heterocycles. The lowest BCUT2D eigenvalue weighted by molar-refractivity contribution is 0.319. The number of H-pyrrole nitrogens is 1. The number of hydrogen-bond donors (Lipinski definition) is 1. The topological polar surface area (TPSA) is 299 Å². The fourth-order valence-corrected chi connectivity index (χ4v) is 12.5. The monoisotopic (exact) mass is 1900 g/mol. The zero-order valence-electron chi connectivity index (χ0n) is 93.0. The number of pyridine rings is 1. The van der Waals surface area contributed by atoms with Crippen LogP contribution in [0.4, 0.5) is 0 Å². The van der Waals surface area contributed by atoms with Gasteiger partial charge in [0, 0.05) is 167 Å². The third-order valence-corrected chi connectivity index (χ3v) is 22.8. The molecule has 2 aliphatic rings. The second kappa shape index (κ2) is 51.8. The second-order valence-electron chi connectivity index (χ2n) is 47.6. The number of aryl methyl sites for hydroxylation is 11. The Balaban J connectivity index is 0.000000726. The van der Waals surface area contributed by atoms with Crippen LogP contribution in [-0.4, -0.2) is 101 Å². The predicted molar refractivity (Wildman–Crippen MR) is 568 cm³/mol. The fraction of sp³-hybridized carbons (Fsp3) is 0.620. The average Bonchev–Trinajstić information content (AvgIpc) is 1.87. The zero-order valence-corrected chi connectivity index (χ0v) is 95.5. The highest BCUT2D eigenvalue weighted by Crippen LogP contribution is 2.34. The van der Waals surface area contributed by atoms with Crippen molar-refractivity contribution in [2.75, 3.05) is 0 Å². The number of aromatic amines is 1. The van der Waals surface area contributed by atoms with Crippen molar-refractivity contribution >= 4 is 51.5 Å². The van der Waals surface area contributed by atoms with Crippen molar-refractivity contribution in [3.63, 3.8) is 0 Å². The van der Waals surface area contributed by atoms with Crippen molar-refractivity contribution in [1.82, 2.24) is 84.1 Å². The number of aliphatic imine (C=N–C) groups is 1. The molecule has 134 heavy (non-hydrogen) atoms. The summed E-state index contributed by atoms with van der Waals surface area (Å²) in [4.78, 5) is 53.4. The minimum Gasteiger partial charge on any atom is -0.445 e. The van der Waals surface area contributed by atoms with Gasteiger partial charge in [-0.05, 0) is 164 Å². The van der Waals surface area contributed by atoms with Gasteiger partial charge in [0.1, 0.15) is 34.0 Å². The Morgan fingerprint density at radius 2 is 0.888 bits per heavy atom. The van der Waals surface area contributed by atoms with Crippen LogP contribution in [0.3, 0.4) is 0 Å². The standard InChI is InChI=1S/C10H15N.3C9H14N2.C9H15N.2C8H14N2.2C8H13NO.2C8H13NS.C7H12N2O.C7H12N2S/c1-8-6-5-7-9(11-8)10(2,3)4;1-7-5-10-6-8(11-7)9(2,3)4;1-7-10-6-5-8(11-7)9(2,3)4;1-7-5-6-10-8(11-7)9(2,3)4;1-7-5-8(6-10-7)9(2,3)4;2*1-6-5-7(10-9-6)8(2,3)4;1-6-9-5-7(10-6)8(2,3)4;1-6-5-7(10-9-6)8(2,3)4;1-6-9-5-7(10-6)8(2,3)4;1-6-5-7(10-9-6)8(2,3)4;2*1-5-8-6(10-9-5)7(2,3)4/h5-7H,1-4H3;3*5-6H,1-4H3;6H,5H2,1-4H3;5H2,1-4H3;5H,1-4H3,(H,9,10);4*5H,1-4H3;2*1-4H3. The molecule has 0 fully saturated rings. The van der Waals surface area contributed by atoms with Crippen molar-refractivity contribution in [1.29, 1.82) is 0 Å². The molecule has 0 aliphatic carbocycles. The quantitative estimate of drug-likeness (QED) is 0.147. The Morgan fingerprint density at radius 1 is 0.343 bits per heavy atom. The summed E-state index contributed by atoms with van der Waals surface area (Å²) in [5, 5.41) is 24.9. The Bertz CT molecular complexity index is 4630. The molecule has 26 heteroatoms.